The third kappa shape index (κ3) is 5.99. The second kappa shape index (κ2) is 12.5. The van der Waals surface area contributed by atoms with Gasteiger partial charge in [0.15, 0.2) is 0 Å². The van der Waals surface area contributed by atoms with E-state index in [4.69, 9.17) is 14.5 Å². The van der Waals surface area contributed by atoms with Crippen molar-refractivity contribution < 1.29 is 24.2 Å². The van der Waals surface area contributed by atoms with Gasteiger partial charge in [-0.2, -0.15) is 5.10 Å². The molecule has 2 amide bonds. The summed E-state index contributed by atoms with van der Waals surface area (Å²) in [5, 5.41) is 13.8. The highest BCUT2D eigenvalue weighted by Gasteiger charge is 2.37. The van der Waals surface area contributed by atoms with Crippen molar-refractivity contribution in [3.8, 4) is 22.8 Å². The lowest BCUT2D eigenvalue weighted by molar-refractivity contribution is -0.129. The van der Waals surface area contributed by atoms with Gasteiger partial charge < -0.3 is 29.3 Å². The molecule has 11 nitrogen and oxygen atoms in total. The number of halogens is 1. The lowest BCUT2D eigenvalue weighted by atomic mass is 10.0. The van der Waals surface area contributed by atoms with Gasteiger partial charge >= 0.3 is 6.09 Å². The molecule has 1 aromatic carbocycles. The molecule has 0 spiro atoms. The molecule has 3 aromatic heterocycles. The van der Waals surface area contributed by atoms with Crippen molar-refractivity contribution in [1.29, 1.82) is 0 Å². The summed E-state index contributed by atoms with van der Waals surface area (Å²) in [4.78, 5) is 34.6. The number of hydrogen-bond acceptors (Lipinski definition) is 7. The Hall–Kier alpha value is -4.07. The normalized spacial score (nSPS) is 18.5. The van der Waals surface area contributed by atoms with Crippen LogP contribution in [0.15, 0.2) is 61.1 Å². The Morgan fingerprint density at radius 2 is 1.82 bits per heavy atom. The zero-order valence-electron chi connectivity index (χ0n) is 24.9. The van der Waals surface area contributed by atoms with Crippen LogP contribution >= 0.6 is 22.6 Å². The number of piperazine rings is 1. The third-order valence-electron chi connectivity index (χ3n) is 8.72. The second-order valence-electron chi connectivity index (χ2n) is 11.3. The van der Waals surface area contributed by atoms with Crippen LogP contribution in [0.4, 0.5) is 10.5 Å². The number of likely N-dealkylation sites (tertiary alicyclic amines) is 1. The number of anilines is 1. The highest BCUT2D eigenvalue weighted by molar-refractivity contribution is 14.1. The number of rotatable bonds is 8. The molecule has 0 bridgehead atoms. The number of ether oxygens (including phenoxy) is 2. The average molecular weight is 711 g/mol. The van der Waals surface area contributed by atoms with Crippen LogP contribution in [-0.4, -0.2) is 87.4 Å². The van der Waals surface area contributed by atoms with Gasteiger partial charge in [0, 0.05) is 56.8 Å². The van der Waals surface area contributed by atoms with E-state index in [1.807, 2.05) is 77.4 Å². The number of methoxy groups -OCH3 is 1. The fourth-order valence-electron chi connectivity index (χ4n) is 5.99. The van der Waals surface area contributed by atoms with Crippen LogP contribution in [0.1, 0.15) is 31.9 Å². The number of amides is 2. The van der Waals surface area contributed by atoms with Crippen molar-refractivity contribution in [2.75, 3.05) is 44.7 Å². The third-order valence-corrected chi connectivity index (χ3v) is 9.51. The molecule has 12 heteroatoms. The van der Waals surface area contributed by atoms with Crippen molar-refractivity contribution in [3.05, 3.63) is 70.2 Å². The van der Waals surface area contributed by atoms with Gasteiger partial charge in [0.25, 0.3) is 0 Å². The van der Waals surface area contributed by atoms with Crippen molar-refractivity contribution in [2.45, 2.75) is 32.4 Å². The Balaban J connectivity index is 1.18. The first-order valence-electron chi connectivity index (χ1n) is 14.7. The number of carbonyl (C=O) groups is 2. The number of hydrogen-bond donors (Lipinski definition) is 1. The predicted octanol–water partition coefficient (Wildman–Crippen LogP) is 5.19. The van der Waals surface area contributed by atoms with Gasteiger partial charge in [-0.1, -0.05) is 12.1 Å². The summed E-state index contributed by atoms with van der Waals surface area (Å²) in [5.41, 5.74) is 4.54. The summed E-state index contributed by atoms with van der Waals surface area (Å²) >= 11 is 2.27. The van der Waals surface area contributed by atoms with Gasteiger partial charge in [-0.05, 0) is 72.3 Å². The first-order valence-corrected chi connectivity index (χ1v) is 15.8. The highest BCUT2D eigenvalue weighted by Crippen LogP contribution is 2.35. The first kappa shape index (κ1) is 30.0. The smallest absolute Gasteiger partial charge is 0.407 e. The molecule has 4 aromatic rings. The molecular weight excluding hydrogens is 675 g/mol. The fourth-order valence-corrected chi connectivity index (χ4v) is 6.62. The quantitative estimate of drug-likeness (QED) is 0.249. The lowest BCUT2D eigenvalue weighted by Gasteiger charge is -2.34. The van der Waals surface area contributed by atoms with Crippen LogP contribution in [-0.2, 0) is 4.79 Å². The number of benzene rings is 1. The molecule has 0 aliphatic carbocycles. The maximum Gasteiger partial charge on any atom is 0.407 e. The Bertz CT molecular complexity index is 1650. The van der Waals surface area contributed by atoms with Crippen LogP contribution in [0.3, 0.4) is 0 Å². The van der Waals surface area contributed by atoms with Crippen LogP contribution < -0.4 is 14.4 Å². The summed E-state index contributed by atoms with van der Waals surface area (Å²) in [6.45, 7) is 6.89. The first-order chi connectivity index (χ1) is 21.2. The van der Waals surface area contributed by atoms with E-state index >= 15 is 0 Å². The molecule has 2 aliphatic heterocycles. The highest BCUT2D eigenvalue weighted by atomic mass is 127. The van der Waals surface area contributed by atoms with Gasteiger partial charge in [-0.3, -0.25) is 9.78 Å². The molecule has 5 heterocycles. The van der Waals surface area contributed by atoms with Gasteiger partial charge in [0.1, 0.15) is 23.1 Å². The summed E-state index contributed by atoms with van der Waals surface area (Å²) < 4.78 is 14.7. The lowest BCUT2D eigenvalue weighted by Crippen LogP contribution is -2.48. The molecule has 2 fully saturated rings. The topological polar surface area (TPSA) is 113 Å². The zero-order valence-corrected chi connectivity index (χ0v) is 27.0. The molecular formula is C32H35IN6O5. The monoisotopic (exact) mass is 710 g/mol. The fraction of sp³-hybridized carbons (Fsp3) is 0.375. The van der Waals surface area contributed by atoms with Crippen LogP contribution in [0.5, 0.6) is 11.5 Å². The standard InChI is InChI=1S/C32H35IN6O5/c1-20(22-4-7-26(43-3)8-5-22)38-18-23(15-30(38)40)21(2)44-29-14-24(19-39-31(29)27(33)17-35-39)28-9-6-25(16-34-28)36-10-12-37(13-11-36)32(41)42/h4-9,14,16-17,19-21,23H,10-13,15,18H2,1-3H3,(H,41,42)/t20-,21-,23-/m1/s1. The van der Waals surface area contributed by atoms with E-state index in [2.05, 4.69) is 39.5 Å². The summed E-state index contributed by atoms with van der Waals surface area (Å²) in [5.74, 6) is 1.65. The van der Waals surface area contributed by atoms with E-state index in [0.29, 0.717) is 44.9 Å². The molecule has 2 saturated heterocycles. The van der Waals surface area contributed by atoms with Crippen molar-refractivity contribution >= 4 is 45.8 Å². The molecule has 0 unspecified atom stereocenters. The number of carbonyl (C=O) groups excluding carboxylic acids is 1. The van der Waals surface area contributed by atoms with Crippen molar-refractivity contribution in [1.82, 2.24) is 24.4 Å². The molecule has 3 atom stereocenters. The van der Waals surface area contributed by atoms with E-state index in [9.17, 15) is 14.7 Å². The van der Waals surface area contributed by atoms with Gasteiger partial charge in [-0.15, -0.1) is 0 Å². The minimum Gasteiger partial charge on any atom is -0.497 e. The summed E-state index contributed by atoms with van der Waals surface area (Å²) in [6.07, 6.45) is 4.92. The zero-order chi connectivity index (χ0) is 31.0. The Morgan fingerprint density at radius 1 is 1.07 bits per heavy atom. The SMILES string of the molecule is COc1ccc([C@@H](C)N2C[C@H]([C@@H](C)Oc3cc(-c4ccc(N5CCN(C(=O)O)CC5)cn4)cn4ncc(I)c34)CC2=O)cc1. The number of aromatic nitrogens is 3. The van der Waals surface area contributed by atoms with E-state index in [1.165, 1.54) is 4.90 Å². The van der Waals surface area contributed by atoms with Crippen LogP contribution in [0.25, 0.3) is 16.8 Å². The molecule has 1 N–H and O–H groups in total. The maximum atomic E-state index is 13.1. The van der Waals surface area contributed by atoms with Gasteiger partial charge in [0.05, 0.1) is 40.5 Å². The van der Waals surface area contributed by atoms with Crippen molar-refractivity contribution in [3.63, 3.8) is 0 Å². The molecule has 44 heavy (non-hydrogen) atoms. The molecule has 6 rings (SSSR count). The van der Waals surface area contributed by atoms with E-state index in [0.717, 1.165) is 37.3 Å². The van der Waals surface area contributed by atoms with E-state index in [-0.39, 0.29) is 24.0 Å². The second-order valence-corrected chi connectivity index (χ2v) is 12.5. The number of carboxylic acid groups (broad SMARTS) is 1. The Labute approximate surface area is 269 Å². The molecule has 230 valence electrons. The Kier molecular flexibility index (Phi) is 8.52. The summed E-state index contributed by atoms with van der Waals surface area (Å²) in [7, 11) is 1.64. The van der Waals surface area contributed by atoms with E-state index < -0.39 is 6.09 Å². The van der Waals surface area contributed by atoms with Crippen LogP contribution in [0, 0.1) is 9.49 Å². The molecule has 0 radical (unpaired) electrons. The number of nitrogens with zero attached hydrogens (tertiary/aromatic N) is 6. The van der Waals surface area contributed by atoms with Gasteiger partial charge in [0.2, 0.25) is 5.91 Å². The Morgan fingerprint density at radius 3 is 2.48 bits per heavy atom. The molecule has 0 saturated carbocycles. The number of pyridine rings is 2. The average Bonchev–Trinajstić information content (AvgIpc) is 3.63. The molecule has 2 aliphatic rings. The van der Waals surface area contributed by atoms with Crippen LogP contribution in [0.2, 0.25) is 0 Å². The summed E-state index contributed by atoms with van der Waals surface area (Å²) in [6, 6.07) is 13.8. The van der Waals surface area contributed by atoms with Gasteiger partial charge in [-0.25, -0.2) is 9.31 Å². The largest absolute Gasteiger partial charge is 0.497 e. The van der Waals surface area contributed by atoms with Crippen molar-refractivity contribution in [2.24, 2.45) is 5.92 Å². The van der Waals surface area contributed by atoms with E-state index in [1.54, 1.807) is 7.11 Å². The predicted molar refractivity (Wildman–Crippen MR) is 174 cm³/mol. The number of fused-ring (bicyclic) bond motifs is 1. The maximum absolute atomic E-state index is 13.1. The minimum atomic E-state index is -0.880. The minimum absolute atomic E-state index is 0.0338.